The van der Waals surface area contributed by atoms with Crippen molar-refractivity contribution in [3.8, 4) is 5.75 Å². The average molecular weight is 322 g/mol. The standard InChI is InChI=1S/C17H17ClFNO2/c1-22-16-7-5-12(10-15(16)19)6-8-17(21)20-11-13-3-2-4-14(18)9-13/h2-5,7,9-10H,6,8,11H2,1H3,(H,20,21). The molecule has 0 heterocycles. The van der Waals surface area contributed by atoms with Crippen LogP contribution in [-0.2, 0) is 17.8 Å². The molecule has 0 bridgehead atoms. The number of halogens is 2. The maximum absolute atomic E-state index is 13.5. The smallest absolute Gasteiger partial charge is 0.220 e. The highest BCUT2D eigenvalue weighted by Crippen LogP contribution is 2.18. The van der Waals surface area contributed by atoms with Gasteiger partial charge in [-0.1, -0.05) is 29.8 Å². The zero-order valence-electron chi connectivity index (χ0n) is 12.2. The van der Waals surface area contributed by atoms with Crippen LogP contribution in [0.4, 0.5) is 4.39 Å². The topological polar surface area (TPSA) is 38.3 Å². The minimum absolute atomic E-state index is 0.0869. The molecule has 0 aliphatic rings. The number of methoxy groups -OCH3 is 1. The van der Waals surface area contributed by atoms with Gasteiger partial charge in [-0.05, 0) is 41.8 Å². The second-order valence-electron chi connectivity index (χ2n) is 4.88. The zero-order chi connectivity index (χ0) is 15.9. The molecular formula is C17H17ClFNO2. The molecule has 0 unspecified atom stereocenters. The Morgan fingerprint density at radius 1 is 1.23 bits per heavy atom. The van der Waals surface area contributed by atoms with Gasteiger partial charge in [-0.15, -0.1) is 0 Å². The third kappa shape index (κ3) is 4.74. The zero-order valence-corrected chi connectivity index (χ0v) is 13.0. The molecule has 116 valence electrons. The van der Waals surface area contributed by atoms with Crippen LogP contribution in [0.3, 0.4) is 0 Å². The predicted molar refractivity (Wildman–Crippen MR) is 84.6 cm³/mol. The Balaban J connectivity index is 1.81. The van der Waals surface area contributed by atoms with Gasteiger partial charge >= 0.3 is 0 Å². The highest BCUT2D eigenvalue weighted by molar-refractivity contribution is 6.30. The van der Waals surface area contributed by atoms with E-state index in [1.807, 2.05) is 12.1 Å². The van der Waals surface area contributed by atoms with E-state index in [0.717, 1.165) is 11.1 Å². The molecule has 0 spiro atoms. The Labute approximate surface area is 134 Å². The summed E-state index contributed by atoms with van der Waals surface area (Å²) >= 11 is 5.88. The van der Waals surface area contributed by atoms with Crippen molar-refractivity contribution in [3.05, 3.63) is 64.4 Å². The molecule has 0 aliphatic heterocycles. The van der Waals surface area contributed by atoms with Crippen molar-refractivity contribution in [1.29, 1.82) is 0 Å². The summed E-state index contributed by atoms with van der Waals surface area (Å²) in [5.41, 5.74) is 1.70. The fraction of sp³-hybridized carbons (Fsp3) is 0.235. The van der Waals surface area contributed by atoms with Crippen molar-refractivity contribution in [2.45, 2.75) is 19.4 Å². The lowest BCUT2D eigenvalue weighted by Gasteiger charge is -2.07. The van der Waals surface area contributed by atoms with Crippen molar-refractivity contribution in [1.82, 2.24) is 5.32 Å². The number of aryl methyl sites for hydroxylation is 1. The van der Waals surface area contributed by atoms with E-state index in [0.29, 0.717) is 24.4 Å². The number of hydrogen-bond donors (Lipinski definition) is 1. The molecule has 1 N–H and O–H groups in total. The first-order valence-corrected chi connectivity index (χ1v) is 7.30. The number of carbonyl (C=O) groups is 1. The third-order valence-corrected chi connectivity index (χ3v) is 3.47. The number of hydrogen-bond acceptors (Lipinski definition) is 2. The van der Waals surface area contributed by atoms with E-state index in [4.69, 9.17) is 16.3 Å². The fourth-order valence-corrected chi connectivity index (χ4v) is 2.27. The van der Waals surface area contributed by atoms with Gasteiger partial charge in [0.2, 0.25) is 5.91 Å². The number of nitrogens with one attached hydrogen (secondary N) is 1. The van der Waals surface area contributed by atoms with Gasteiger partial charge in [0.15, 0.2) is 11.6 Å². The number of carbonyl (C=O) groups excluding carboxylic acids is 1. The molecule has 0 saturated heterocycles. The summed E-state index contributed by atoms with van der Waals surface area (Å²) in [7, 11) is 1.42. The summed E-state index contributed by atoms with van der Waals surface area (Å²) in [6, 6.07) is 12.0. The van der Waals surface area contributed by atoms with E-state index in [2.05, 4.69) is 5.32 Å². The molecule has 0 aliphatic carbocycles. The Morgan fingerprint density at radius 3 is 2.73 bits per heavy atom. The Bertz CT molecular complexity index is 661. The molecule has 2 aromatic rings. The first-order valence-electron chi connectivity index (χ1n) is 6.92. The Hall–Kier alpha value is -2.07. The SMILES string of the molecule is COc1ccc(CCC(=O)NCc2cccc(Cl)c2)cc1F. The Kier molecular flexibility index (Phi) is 5.78. The van der Waals surface area contributed by atoms with Gasteiger partial charge in [-0.3, -0.25) is 4.79 Å². The van der Waals surface area contributed by atoms with Crippen LogP contribution in [0, 0.1) is 5.82 Å². The van der Waals surface area contributed by atoms with Gasteiger partial charge in [0.25, 0.3) is 0 Å². The second kappa shape index (κ2) is 7.80. The second-order valence-corrected chi connectivity index (χ2v) is 5.31. The quantitative estimate of drug-likeness (QED) is 0.880. The van der Waals surface area contributed by atoms with Gasteiger partial charge in [0.05, 0.1) is 7.11 Å². The van der Waals surface area contributed by atoms with Crippen molar-refractivity contribution >= 4 is 17.5 Å². The molecule has 3 nitrogen and oxygen atoms in total. The van der Waals surface area contributed by atoms with Crippen LogP contribution in [0.25, 0.3) is 0 Å². The fourth-order valence-electron chi connectivity index (χ4n) is 2.06. The van der Waals surface area contributed by atoms with E-state index in [9.17, 15) is 9.18 Å². The van der Waals surface area contributed by atoms with Crippen molar-refractivity contribution in [2.24, 2.45) is 0 Å². The molecule has 0 saturated carbocycles. The molecular weight excluding hydrogens is 305 g/mol. The molecule has 0 radical (unpaired) electrons. The lowest BCUT2D eigenvalue weighted by Crippen LogP contribution is -2.23. The van der Waals surface area contributed by atoms with Gasteiger partial charge < -0.3 is 10.1 Å². The minimum atomic E-state index is -0.417. The molecule has 5 heteroatoms. The molecule has 22 heavy (non-hydrogen) atoms. The lowest BCUT2D eigenvalue weighted by molar-refractivity contribution is -0.121. The van der Waals surface area contributed by atoms with Crippen LogP contribution in [0.15, 0.2) is 42.5 Å². The van der Waals surface area contributed by atoms with E-state index in [1.165, 1.54) is 13.2 Å². The predicted octanol–water partition coefficient (Wildman–Crippen LogP) is 3.74. The van der Waals surface area contributed by atoms with Crippen molar-refractivity contribution < 1.29 is 13.9 Å². The summed E-state index contributed by atoms with van der Waals surface area (Å²) < 4.78 is 18.4. The van der Waals surface area contributed by atoms with Crippen molar-refractivity contribution in [2.75, 3.05) is 7.11 Å². The summed E-state index contributed by atoms with van der Waals surface area (Å²) in [5.74, 6) is -0.301. The third-order valence-electron chi connectivity index (χ3n) is 3.24. The van der Waals surface area contributed by atoms with Crippen LogP contribution < -0.4 is 10.1 Å². The first kappa shape index (κ1) is 16.3. The number of amides is 1. The molecule has 0 fully saturated rings. The van der Waals surface area contributed by atoms with Gasteiger partial charge in [0.1, 0.15) is 0 Å². The van der Waals surface area contributed by atoms with E-state index >= 15 is 0 Å². The normalized spacial score (nSPS) is 10.3. The highest BCUT2D eigenvalue weighted by atomic mass is 35.5. The largest absolute Gasteiger partial charge is 0.494 e. The van der Waals surface area contributed by atoms with Crippen LogP contribution in [0.2, 0.25) is 5.02 Å². The van der Waals surface area contributed by atoms with Crippen molar-refractivity contribution in [3.63, 3.8) is 0 Å². The summed E-state index contributed by atoms with van der Waals surface area (Å²) in [6.45, 7) is 0.427. The maximum atomic E-state index is 13.5. The molecule has 2 aromatic carbocycles. The Morgan fingerprint density at radius 2 is 2.05 bits per heavy atom. The summed E-state index contributed by atoms with van der Waals surface area (Å²) in [4.78, 5) is 11.8. The van der Waals surface area contributed by atoms with Crippen LogP contribution in [0.5, 0.6) is 5.75 Å². The van der Waals surface area contributed by atoms with Gasteiger partial charge in [-0.25, -0.2) is 4.39 Å². The average Bonchev–Trinajstić information content (AvgIpc) is 2.51. The first-order chi connectivity index (χ1) is 10.6. The summed E-state index contributed by atoms with van der Waals surface area (Å²) in [5, 5.41) is 3.46. The lowest BCUT2D eigenvalue weighted by atomic mass is 10.1. The highest BCUT2D eigenvalue weighted by Gasteiger charge is 2.06. The molecule has 2 rings (SSSR count). The van der Waals surface area contributed by atoms with E-state index in [-0.39, 0.29) is 11.7 Å². The van der Waals surface area contributed by atoms with Crippen LogP contribution in [-0.4, -0.2) is 13.0 Å². The number of ether oxygens (including phenoxy) is 1. The molecule has 0 atom stereocenters. The van der Waals surface area contributed by atoms with Crippen LogP contribution >= 0.6 is 11.6 Å². The number of rotatable bonds is 6. The van der Waals surface area contributed by atoms with E-state index in [1.54, 1.807) is 24.3 Å². The summed E-state index contributed by atoms with van der Waals surface area (Å²) in [6.07, 6.45) is 0.772. The van der Waals surface area contributed by atoms with Crippen LogP contribution in [0.1, 0.15) is 17.5 Å². The monoisotopic (exact) mass is 321 g/mol. The van der Waals surface area contributed by atoms with Gasteiger partial charge in [-0.2, -0.15) is 0 Å². The van der Waals surface area contributed by atoms with E-state index < -0.39 is 5.82 Å². The molecule has 1 amide bonds. The molecule has 0 aromatic heterocycles. The minimum Gasteiger partial charge on any atom is -0.494 e. The van der Waals surface area contributed by atoms with Gasteiger partial charge in [0, 0.05) is 18.0 Å². The number of benzene rings is 2. The maximum Gasteiger partial charge on any atom is 0.220 e.